The van der Waals surface area contributed by atoms with E-state index in [1.54, 1.807) is 18.2 Å². The Morgan fingerprint density at radius 1 is 1.31 bits per heavy atom. The number of rotatable bonds is 3. The Labute approximate surface area is 171 Å². The maximum atomic E-state index is 12.9. The number of morpholine rings is 1. The fourth-order valence-corrected chi connectivity index (χ4v) is 3.63. The minimum Gasteiger partial charge on any atom is -0.378 e. The molecule has 152 valence electrons. The number of nitrogens with zero attached hydrogens (tertiary/aromatic N) is 2. The van der Waals surface area contributed by atoms with Crippen molar-refractivity contribution >= 4 is 40.9 Å². The molecule has 0 spiro atoms. The molecule has 0 unspecified atom stereocenters. The summed E-state index contributed by atoms with van der Waals surface area (Å²) in [5.74, 6) is -1.31. The summed E-state index contributed by atoms with van der Waals surface area (Å²) < 4.78 is 5.31. The Kier molecular flexibility index (Phi) is 5.25. The third-order valence-electron chi connectivity index (χ3n) is 5.02. The third-order valence-corrected chi connectivity index (χ3v) is 5.26. The average molecular weight is 418 g/mol. The number of carbonyl (C=O) groups is 2. The summed E-state index contributed by atoms with van der Waals surface area (Å²) in [5, 5.41) is 5.87. The van der Waals surface area contributed by atoms with Crippen LogP contribution in [0.1, 0.15) is 23.5 Å². The van der Waals surface area contributed by atoms with Gasteiger partial charge in [-0.25, -0.2) is 0 Å². The van der Waals surface area contributed by atoms with Crippen LogP contribution in [0.15, 0.2) is 23.0 Å². The van der Waals surface area contributed by atoms with E-state index in [0.29, 0.717) is 43.0 Å². The lowest BCUT2D eigenvalue weighted by Crippen LogP contribution is -2.41. The topological polar surface area (TPSA) is 116 Å². The highest BCUT2D eigenvalue weighted by Gasteiger charge is 2.35. The predicted octanol–water partition coefficient (Wildman–Crippen LogP) is 1.63. The molecular formula is C19H20ClN5O4. The highest BCUT2D eigenvalue weighted by atomic mass is 35.5. The lowest BCUT2D eigenvalue weighted by molar-refractivity contribution is -0.123. The van der Waals surface area contributed by atoms with E-state index in [1.165, 1.54) is 0 Å². The van der Waals surface area contributed by atoms with Gasteiger partial charge in [-0.2, -0.15) is 4.98 Å². The van der Waals surface area contributed by atoms with Gasteiger partial charge < -0.3 is 20.3 Å². The Bertz CT molecular complexity index is 1030. The zero-order chi connectivity index (χ0) is 20.5. The molecule has 1 atom stereocenters. The second-order valence-corrected chi connectivity index (χ2v) is 7.44. The minimum absolute atomic E-state index is 0.120. The number of amides is 2. The van der Waals surface area contributed by atoms with Gasteiger partial charge in [-0.1, -0.05) is 17.7 Å². The van der Waals surface area contributed by atoms with Crippen molar-refractivity contribution in [2.45, 2.75) is 19.3 Å². The summed E-state index contributed by atoms with van der Waals surface area (Å²) in [5.41, 5.74) is 1.06. The fourth-order valence-electron chi connectivity index (χ4n) is 3.46. The minimum atomic E-state index is -0.952. The number of hydrogen-bond acceptors (Lipinski definition) is 6. The van der Waals surface area contributed by atoms with Crippen LogP contribution in [-0.2, 0) is 14.3 Å². The summed E-state index contributed by atoms with van der Waals surface area (Å²) >= 11 is 6.01. The molecule has 4 rings (SSSR count). The number of nitrogens with one attached hydrogen (secondary N) is 3. The highest BCUT2D eigenvalue weighted by molar-refractivity contribution is 6.31. The van der Waals surface area contributed by atoms with E-state index < -0.39 is 17.4 Å². The van der Waals surface area contributed by atoms with Crippen molar-refractivity contribution in [2.24, 2.45) is 0 Å². The van der Waals surface area contributed by atoms with E-state index >= 15 is 0 Å². The predicted molar refractivity (Wildman–Crippen MR) is 109 cm³/mol. The number of benzene rings is 1. The maximum absolute atomic E-state index is 12.9. The molecule has 3 N–H and O–H groups in total. The zero-order valence-corrected chi connectivity index (χ0v) is 16.5. The van der Waals surface area contributed by atoms with Crippen LogP contribution < -0.4 is 21.1 Å². The van der Waals surface area contributed by atoms with E-state index in [9.17, 15) is 14.4 Å². The van der Waals surface area contributed by atoms with Gasteiger partial charge in [-0.05, 0) is 24.6 Å². The monoisotopic (exact) mass is 417 g/mol. The molecule has 0 bridgehead atoms. The molecule has 1 fully saturated rings. The fraction of sp³-hybridized carbons (Fsp3) is 0.368. The number of aromatic nitrogens is 2. The van der Waals surface area contributed by atoms with Crippen molar-refractivity contribution in [1.29, 1.82) is 0 Å². The smallest absolute Gasteiger partial charge is 0.258 e. The molecule has 9 nitrogen and oxygen atoms in total. The molecule has 10 heteroatoms. The molecule has 2 aromatic rings. The molecule has 0 saturated carbocycles. The molecule has 2 amide bonds. The summed E-state index contributed by atoms with van der Waals surface area (Å²) in [4.78, 5) is 47.0. The normalized spacial score (nSPS) is 18.8. The first-order valence-corrected chi connectivity index (χ1v) is 9.64. The van der Waals surface area contributed by atoms with Gasteiger partial charge in [0.25, 0.3) is 5.56 Å². The van der Waals surface area contributed by atoms with Gasteiger partial charge in [0, 0.05) is 30.2 Å². The molecule has 1 aromatic carbocycles. The van der Waals surface area contributed by atoms with E-state index in [-0.39, 0.29) is 23.7 Å². The van der Waals surface area contributed by atoms with Crippen LogP contribution in [-0.4, -0.2) is 48.1 Å². The van der Waals surface area contributed by atoms with Gasteiger partial charge in [0.15, 0.2) is 0 Å². The number of carbonyl (C=O) groups excluding carboxylic acids is 2. The zero-order valence-electron chi connectivity index (χ0n) is 15.8. The van der Waals surface area contributed by atoms with Gasteiger partial charge in [-0.3, -0.25) is 19.4 Å². The highest BCUT2D eigenvalue weighted by Crippen LogP contribution is 2.31. The van der Waals surface area contributed by atoms with Crippen molar-refractivity contribution < 1.29 is 14.3 Å². The van der Waals surface area contributed by atoms with Crippen molar-refractivity contribution in [2.75, 3.05) is 41.8 Å². The lowest BCUT2D eigenvalue weighted by atomic mass is 9.92. The number of H-pyrrole nitrogens is 1. The third kappa shape index (κ3) is 3.96. The number of fused-ring (bicyclic) bond motifs is 1. The first kappa shape index (κ1) is 19.4. The number of anilines is 3. The molecule has 2 aliphatic heterocycles. The van der Waals surface area contributed by atoms with Crippen molar-refractivity contribution in [3.8, 4) is 0 Å². The van der Waals surface area contributed by atoms with E-state index in [0.717, 1.165) is 5.56 Å². The molecular weight excluding hydrogens is 398 g/mol. The first-order valence-electron chi connectivity index (χ1n) is 9.26. The largest absolute Gasteiger partial charge is 0.378 e. The molecule has 0 radical (unpaired) electrons. The molecule has 2 aliphatic rings. The average Bonchev–Trinajstić information content (AvgIpc) is 2.70. The molecule has 29 heavy (non-hydrogen) atoms. The van der Waals surface area contributed by atoms with Crippen LogP contribution in [0.4, 0.5) is 17.5 Å². The van der Waals surface area contributed by atoms with Gasteiger partial charge in [0.1, 0.15) is 5.82 Å². The van der Waals surface area contributed by atoms with Crippen LogP contribution in [0.2, 0.25) is 5.02 Å². The second-order valence-electron chi connectivity index (χ2n) is 7.00. The Morgan fingerprint density at radius 3 is 2.83 bits per heavy atom. The van der Waals surface area contributed by atoms with Crippen LogP contribution in [0.25, 0.3) is 0 Å². The van der Waals surface area contributed by atoms with Crippen molar-refractivity contribution in [3.05, 3.63) is 44.7 Å². The summed E-state index contributed by atoms with van der Waals surface area (Å²) in [6.45, 7) is 4.03. The number of halogens is 1. The van der Waals surface area contributed by atoms with Gasteiger partial charge in [0.05, 0.1) is 24.7 Å². The number of hydrogen-bond donors (Lipinski definition) is 3. The number of aryl methyl sites for hydroxylation is 1. The Hall–Kier alpha value is -2.91. The van der Waals surface area contributed by atoms with E-state index in [2.05, 4.69) is 20.6 Å². The van der Waals surface area contributed by atoms with Gasteiger partial charge in [0.2, 0.25) is 17.8 Å². The maximum Gasteiger partial charge on any atom is 0.258 e. The van der Waals surface area contributed by atoms with Crippen molar-refractivity contribution in [1.82, 2.24) is 9.97 Å². The number of aromatic amines is 1. The number of ether oxygens (including phenoxy) is 1. The van der Waals surface area contributed by atoms with Crippen LogP contribution in [0.3, 0.4) is 0 Å². The summed E-state index contributed by atoms with van der Waals surface area (Å²) in [6.07, 6.45) is -0.139. The van der Waals surface area contributed by atoms with E-state index in [4.69, 9.17) is 16.3 Å². The van der Waals surface area contributed by atoms with Crippen LogP contribution in [0.5, 0.6) is 0 Å². The Balaban J connectivity index is 1.66. The first-order chi connectivity index (χ1) is 13.9. The van der Waals surface area contributed by atoms with Crippen LogP contribution >= 0.6 is 11.6 Å². The summed E-state index contributed by atoms with van der Waals surface area (Å²) in [7, 11) is 0. The molecule has 1 saturated heterocycles. The van der Waals surface area contributed by atoms with E-state index in [1.807, 2.05) is 11.8 Å². The molecule has 0 aliphatic carbocycles. The Morgan fingerprint density at radius 2 is 2.07 bits per heavy atom. The quantitative estimate of drug-likeness (QED) is 0.699. The lowest BCUT2D eigenvalue weighted by Gasteiger charge is -2.29. The molecule has 3 heterocycles. The van der Waals surface area contributed by atoms with Gasteiger partial charge in [-0.15, -0.1) is 0 Å². The standard InChI is InChI=1S/C19H20ClN5O4/c1-10-2-3-11(20)8-13(10)21-17(27)12-9-14(26)22-16-15(12)18(28)24-19(23-16)25-4-6-29-7-5-25/h2-3,8,12H,4-7,9H2,1H3,(H,21,27)(H2,22,23,24,26,28)/t12-/m1/s1. The second kappa shape index (κ2) is 7.84. The van der Waals surface area contributed by atoms with Gasteiger partial charge >= 0.3 is 0 Å². The van der Waals surface area contributed by atoms with Crippen molar-refractivity contribution in [3.63, 3.8) is 0 Å². The summed E-state index contributed by atoms with van der Waals surface area (Å²) in [6, 6.07) is 5.13. The molecule has 1 aromatic heterocycles. The van der Waals surface area contributed by atoms with Crippen LogP contribution in [0, 0.1) is 6.92 Å². The SMILES string of the molecule is Cc1ccc(Cl)cc1NC(=O)[C@@H]1CC(=O)Nc2nc(N3CCOCC3)[nH]c(=O)c21.